The highest BCUT2D eigenvalue weighted by Gasteiger charge is 2.53. The fourth-order valence-corrected chi connectivity index (χ4v) is 7.72. The van der Waals surface area contributed by atoms with Gasteiger partial charge in [0.2, 0.25) is 15.1 Å². The molecule has 4 unspecified atom stereocenters. The van der Waals surface area contributed by atoms with Gasteiger partial charge in [0.15, 0.2) is 30.3 Å². The van der Waals surface area contributed by atoms with E-state index in [2.05, 4.69) is 20.2 Å². The summed E-state index contributed by atoms with van der Waals surface area (Å²) in [5.41, 5.74) is 1.05. The molecule has 15 nitrogen and oxygen atoms in total. The van der Waals surface area contributed by atoms with Gasteiger partial charge in [-0.2, -0.15) is 5.10 Å². The summed E-state index contributed by atoms with van der Waals surface area (Å²) in [6.45, 7) is 0.323. The minimum atomic E-state index is -4.60. The summed E-state index contributed by atoms with van der Waals surface area (Å²) in [4.78, 5) is 20.3. The normalized spacial score (nSPS) is 37.7. The van der Waals surface area contributed by atoms with Gasteiger partial charge in [-0.15, -0.1) is 0 Å². The number of benzene rings is 1. The maximum absolute atomic E-state index is 16.0. The summed E-state index contributed by atoms with van der Waals surface area (Å²) in [5.74, 6) is 0. The lowest BCUT2D eigenvalue weighted by atomic mass is 10.1. The summed E-state index contributed by atoms with van der Waals surface area (Å²) in [5, 5.41) is 6.35. The Labute approximate surface area is 259 Å². The first-order valence-electron chi connectivity index (χ1n) is 13.4. The van der Waals surface area contributed by atoms with Gasteiger partial charge in [-0.3, -0.25) is 18.5 Å². The third-order valence-electron chi connectivity index (χ3n) is 7.71. The van der Waals surface area contributed by atoms with Crippen LogP contribution in [0.15, 0.2) is 35.8 Å². The Bertz CT molecular complexity index is 1950. The van der Waals surface area contributed by atoms with Gasteiger partial charge in [-0.05, 0) is 24.6 Å². The molecule has 22 heteroatoms. The van der Waals surface area contributed by atoms with E-state index in [1.807, 2.05) is 0 Å². The van der Waals surface area contributed by atoms with Crippen LogP contribution in [0.3, 0.4) is 0 Å². The van der Waals surface area contributed by atoms with Crippen molar-refractivity contribution in [2.75, 3.05) is 13.2 Å². The molecule has 3 saturated heterocycles. The molecule has 7 rings (SSSR count). The smallest absolute Gasteiger partial charge is 0.292 e. The van der Waals surface area contributed by atoms with Crippen LogP contribution in [0, 0.1) is 6.92 Å². The van der Waals surface area contributed by atoms with Crippen molar-refractivity contribution >= 4 is 63.7 Å². The highest BCUT2D eigenvalue weighted by molar-refractivity contribution is 7.79. The number of hydrogen-bond acceptors (Lipinski definition) is 12. The van der Waals surface area contributed by atoms with Gasteiger partial charge in [-0.25, -0.2) is 23.8 Å². The predicted molar refractivity (Wildman–Crippen MR) is 154 cm³/mol. The maximum atomic E-state index is 16.0. The zero-order valence-electron chi connectivity index (χ0n) is 23.0. The molecule has 6 heterocycles. The number of aromatic nitrogens is 6. The Hall–Kier alpha value is -2.46. The fraction of sp³-hybridized carbons (Fsp3) is 0.478. The number of aryl methyl sites for hydroxylation is 1. The van der Waals surface area contributed by atoms with E-state index in [1.165, 1.54) is 21.7 Å². The summed E-state index contributed by atoms with van der Waals surface area (Å²) >= 11 is 6.19. The van der Waals surface area contributed by atoms with E-state index in [0.717, 1.165) is 6.33 Å². The van der Waals surface area contributed by atoms with Crippen molar-refractivity contribution in [1.82, 2.24) is 29.3 Å². The van der Waals surface area contributed by atoms with Gasteiger partial charge >= 0.3 is 0 Å². The molecule has 3 aliphatic rings. The number of halogens is 3. The molecule has 0 amide bonds. The molecule has 4 aromatic rings. The fourth-order valence-electron chi connectivity index (χ4n) is 5.55. The van der Waals surface area contributed by atoms with Crippen molar-refractivity contribution in [2.24, 2.45) is 0 Å². The van der Waals surface area contributed by atoms with Crippen LogP contribution in [-0.4, -0.2) is 94.4 Å². The molecule has 0 bridgehead atoms. The Morgan fingerprint density at radius 2 is 1.49 bits per heavy atom. The molecule has 4 radical (unpaired) electrons. The second-order valence-corrected chi connectivity index (χ2v) is 14.2. The van der Waals surface area contributed by atoms with Crippen molar-refractivity contribution in [3.05, 3.63) is 51.9 Å². The third kappa shape index (κ3) is 5.62. The molecule has 45 heavy (non-hydrogen) atoms. The van der Waals surface area contributed by atoms with Crippen LogP contribution >= 0.6 is 26.5 Å². The van der Waals surface area contributed by atoms with Gasteiger partial charge in [0.25, 0.3) is 20.5 Å². The number of ether oxygens (including phenoxy) is 2. The molecule has 1 aromatic carbocycles. The summed E-state index contributed by atoms with van der Waals surface area (Å²) < 4.78 is 94.1. The number of hydrogen-bond donors (Lipinski definition) is 1. The minimum absolute atomic E-state index is 0.0511. The van der Waals surface area contributed by atoms with E-state index in [4.69, 9.17) is 54.3 Å². The summed E-state index contributed by atoms with van der Waals surface area (Å²) in [6, 6.07) is 3.29. The van der Waals surface area contributed by atoms with Crippen molar-refractivity contribution in [2.45, 2.75) is 56.1 Å². The maximum Gasteiger partial charge on any atom is 0.292 e. The molecule has 10 atom stereocenters. The van der Waals surface area contributed by atoms with Gasteiger partial charge < -0.3 is 32.1 Å². The van der Waals surface area contributed by atoms with Gasteiger partial charge in [0.05, 0.1) is 48.6 Å². The quantitative estimate of drug-likeness (QED) is 0.243. The lowest BCUT2D eigenvalue weighted by molar-refractivity contribution is -0.0546. The third-order valence-corrected chi connectivity index (χ3v) is 10.2. The zero-order valence-corrected chi connectivity index (χ0v) is 25.6. The average molecular weight is 682 g/mol. The van der Waals surface area contributed by atoms with Crippen LogP contribution in [0.2, 0.25) is 5.02 Å². The standard InChI is InChI=1S/C23H21B2ClF2N6O9P2/c1-9-2-12-11(3-10(9)26)29-7-33(12)22-16(27)19-14(40-22)5-38-45(25,37)43-20-15(6-39-44(24,36)42-19)41-23(17(20)28)34-8-30-18-13(34)4-31-32-21(18)35/h2-4,7-8,14-17,19-20,22-23H,5-6H2,1H3,(H,32,35)/t14-,15-,16+,17?,19?,20+,22-,23-,44?,45?/m1/s1. The molecular formula is C23H21B2ClF2N6O9P2. The molecule has 3 aliphatic heterocycles. The minimum Gasteiger partial charge on any atom is -0.346 e. The van der Waals surface area contributed by atoms with Crippen molar-refractivity contribution in [3.8, 4) is 0 Å². The number of nitrogens with one attached hydrogen (secondary N) is 1. The topological polar surface area (TPSA) is 171 Å². The predicted octanol–water partition coefficient (Wildman–Crippen LogP) is 2.97. The SMILES string of the molecule is [B]P1(=O)OC[C@H]2O[C@@H](n3cnc4c(=O)[nH]ncc43)C(F)[C@H]2OP([B])(=O)OC[C@H]2O[C@@H](n3cnc4cc(Cl)c(C)cc43)[C@@H](F)C2O1. The van der Waals surface area contributed by atoms with Crippen molar-refractivity contribution < 1.29 is 45.5 Å². The van der Waals surface area contributed by atoms with Crippen LogP contribution in [0.5, 0.6) is 0 Å². The van der Waals surface area contributed by atoms with Crippen molar-refractivity contribution in [3.63, 3.8) is 0 Å². The second-order valence-electron chi connectivity index (χ2n) is 10.7. The van der Waals surface area contributed by atoms with E-state index in [-0.39, 0.29) is 11.0 Å². The number of imidazole rings is 2. The highest BCUT2D eigenvalue weighted by atomic mass is 35.5. The molecule has 0 aliphatic carbocycles. The molecule has 1 N–H and O–H groups in total. The highest BCUT2D eigenvalue weighted by Crippen LogP contribution is 2.54. The molecule has 234 valence electrons. The summed E-state index contributed by atoms with van der Waals surface area (Å²) in [7, 11) is 2.49. The van der Waals surface area contributed by atoms with Crippen LogP contribution in [0.4, 0.5) is 8.78 Å². The summed E-state index contributed by atoms with van der Waals surface area (Å²) in [6.07, 6.45) is -9.53. The molecule has 3 fully saturated rings. The van der Waals surface area contributed by atoms with Gasteiger partial charge in [-0.1, -0.05) is 11.6 Å². The van der Waals surface area contributed by atoms with E-state index in [9.17, 15) is 13.9 Å². The van der Waals surface area contributed by atoms with E-state index in [0.29, 0.717) is 21.6 Å². The van der Waals surface area contributed by atoms with Crippen LogP contribution in [0.1, 0.15) is 18.0 Å². The molecule has 0 saturated carbocycles. The van der Waals surface area contributed by atoms with E-state index < -0.39 is 82.9 Å². The number of rotatable bonds is 2. The van der Waals surface area contributed by atoms with Crippen LogP contribution in [0.25, 0.3) is 22.1 Å². The number of aromatic amines is 1. The lowest BCUT2D eigenvalue weighted by Gasteiger charge is -2.29. The Morgan fingerprint density at radius 3 is 2.09 bits per heavy atom. The number of nitrogens with zero attached hydrogens (tertiary/aromatic N) is 5. The molecular weight excluding hydrogens is 661 g/mol. The molecule has 3 aromatic heterocycles. The monoisotopic (exact) mass is 682 g/mol. The largest absolute Gasteiger partial charge is 0.346 e. The van der Waals surface area contributed by atoms with E-state index in [1.54, 1.807) is 19.1 Å². The van der Waals surface area contributed by atoms with Gasteiger partial charge in [0.1, 0.15) is 24.4 Å². The van der Waals surface area contributed by atoms with Crippen LogP contribution < -0.4 is 5.56 Å². The van der Waals surface area contributed by atoms with Gasteiger partial charge in [0, 0.05) is 5.02 Å². The van der Waals surface area contributed by atoms with Crippen molar-refractivity contribution in [1.29, 1.82) is 0 Å². The first-order chi connectivity index (χ1) is 21.3. The Balaban J connectivity index is 1.17. The first kappa shape index (κ1) is 31.2. The zero-order chi connectivity index (χ0) is 31.8. The van der Waals surface area contributed by atoms with Crippen LogP contribution in [-0.2, 0) is 36.7 Å². The first-order valence-corrected chi connectivity index (χ1v) is 17.0. The Morgan fingerprint density at radius 1 is 0.933 bits per heavy atom. The molecule has 0 spiro atoms. The number of H-pyrrole nitrogens is 1. The Kier molecular flexibility index (Phi) is 7.86. The van der Waals surface area contributed by atoms with E-state index >= 15 is 8.78 Å². The lowest BCUT2D eigenvalue weighted by Crippen LogP contribution is -2.37. The second kappa shape index (κ2) is 11.4. The average Bonchev–Trinajstić information content (AvgIpc) is 3.73. The number of alkyl halides is 2. The number of fused-ring (bicyclic) bond motifs is 4.